The minimum Gasteiger partial charge on any atom is -0.326 e. The minimum atomic E-state index is -0.248. The molecule has 4 nitrogen and oxygen atoms in total. The van der Waals surface area contributed by atoms with Gasteiger partial charge < -0.3 is 5.73 Å². The van der Waals surface area contributed by atoms with Crippen molar-refractivity contribution in [3.05, 3.63) is 35.1 Å². The molecule has 3 unspecified atom stereocenters. The number of rotatable bonds is 3. The first-order chi connectivity index (χ1) is 10.2. The Kier molecular flexibility index (Phi) is 4.22. The third-order valence-corrected chi connectivity index (χ3v) is 4.84. The lowest BCUT2D eigenvalue weighted by Gasteiger charge is -2.41. The summed E-state index contributed by atoms with van der Waals surface area (Å²) in [5, 5.41) is 0. The summed E-state index contributed by atoms with van der Waals surface area (Å²) in [4.78, 5) is 11.9. The van der Waals surface area contributed by atoms with Gasteiger partial charge in [-0.1, -0.05) is 25.0 Å². The van der Waals surface area contributed by atoms with Crippen LogP contribution in [-0.2, 0) is 17.8 Å². The van der Waals surface area contributed by atoms with E-state index < -0.39 is 0 Å². The van der Waals surface area contributed by atoms with E-state index in [1.807, 2.05) is 12.1 Å². The molecule has 1 aromatic rings. The molecule has 114 valence electrons. The third-order valence-electron chi connectivity index (χ3n) is 4.84. The van der Waals surface area contributed by atoms with Crippen molar-refractivity contribution in [2.75, 3.05) is 0 Å². The van der Waals surface area contributed by atoms with Crippen LogP contribution in [0.2, 0.25) is 0 Å². The van der Waals surface area contributed by atoms with Crippen LogP contribution in [0.15, 0.2) is 18.2 Å². The van der Waals surface area contributed by atoms with Crippen LogP contribution in [0.3, 0.4) is 0 Å². The summed E-state index contributed by atoms with van der Waals surface area (Å²) in [5.74, 6) is 0.373. The standard InChI is InChI=1S/C16H22FN3O/c17-14-6-5-10(7-11(14)9-18)8-15-12-3-1-2-4-13(12)16(21)20-19-15/h5-7,12-13,15,19H,1-4,8-9,18H2,(H,20,21). The van der Waals surface area contributed by atoms with Crippen molar-refractivity contribution < 1.29 is 9.18 Å². The first-order valence-electron chi connectivity index (χ1n) is 7.72. The number of nitrogens with one attached hydrogen (secondary N) is 2. The lowest BCUT2D eigenvalue weighted by atomic mass is 9.72. The van der Waals surface area contributed by atoms with Crippen molar-refractivity contribution in [2.45, 2.75) is 44.7 Å². The number of halogens is 1. The molecule has 21 heavy (non-hydrogen) atoms. The van der Waals surface area contributed by atoms with Gasteiger partial charge in [0.15, 0.2) is 0 Å². The molecule has 1 aliphatic heterocycles. The molecular formula is C16H22FN3O. The van der Waals surface area contributed by atoms with E-state index in [2.05, 4.69) is 10.9 Å². The van der Waals surface area contributed by atoms with Gasteiger partial charge in [0.25, 0.3) is 0 Å². The first kappa shape index (κ1) is 14.5. The van der Waals surface area contributed by atoms with Gasteiger partial charge in [-0.2, -0.15) is 0 Å². The van der Waals surface area contributed by atoms with E-state index in [9.17, 15) is 9.18 Å². The Morgan fingerprint density at radius 3 is 2.90 bits per heavy atom. The number of hydrogen-bond acceptors (Lipinski definition) is 3. The fourth-order valence-corrected chi connectivity index (χ4v) is 3.70. The van der Waals surface area contributed by atoms with E-state index in [0.29, 0.717) is 11.5 Å². The molecule has 1 amide bonds. The lowest BCUT2D eigenvalue weighted by Crippen LogP contribution is -2.60. The predicted molar refractivity (Wildman–Crippen MR) is 78.5 cm³/mol. The van der Waals surface area contributed by atoms with E-state index in [4.69, 9.17) is 5.73 Å². The summed E-state index contributed by atoms with van der Waals surface area (Å²) in [6.45, 7) is 0.209. The van der Waals surface area contributed by atoms with Gasteiger partial charge in [-0.15, -0.1) is 0 Å². The average Bonchev–Trinajstić information content (AvgIpc) is 2.52. The molecule has 0 radical (unpaired) electrons. The van der Waals surface area contributed by atoms with Gasteiger partial charge in [0.05, 0.1) is 0 Å². The van der Waals surface area contributed by atoms with E-state index in [0.717, 1.165) is 31.2 Å². The van der Waals surface area contributed by atoms with E-state index in [-0.39, 0.29) is 30.2 Å². The maximum atomic E-state index is 13.5. The van der Waals surface area contributed by atoms with Crippen LogP contribution in [0.25, 0.3) is 0 Å². The quantitative estimate of drug-likeness (QED) is 0.793. The molecule has 5 heteroatoms. The molecule has 2 aliphatic rings. The lowest BCUT2D eigenvalue weighted by molar-refractivity contribution is -0.133. The van der Waals surface area contributed by atoms with Gasteiger partial charge in [-0.25, -0.2) is 9.82 Å². The molecule has 0 spiro atoms. The maximum absolute atomic E-state index is 13.5. The highest BCUT2D eigenvalue weighted by Crippen LogP contribution is 2.35. The van der Waals surface area contributed by atoms with Gasteiger partial charge in [0.1, 0.15) is 5.82 Å². The Balaban J connectivity index is 1.76. The third kappa shape index (κ3) is 2.94. The Labute approximate surface area is 124 Å². The summed E-state index contributed by atoms with van der Waals surface area (Å²) in [7, 11) is 0. The summed E-state index contributed by atoms with van der Waals surface area (Å²) >= 11 is 0. The number of carbonyl (C=O) groups is 1. The van der Waals surface area contributed by atoms with Gasteiger partial charge in [0.2, 0.25) is 5.91 Å². The van der Waals surface area contributed by atoms with Gasteiger partial charge in [0, 0.05) is 24.1 Å². The Morgan fingerprint density at radius 2 is 2.10 bits per heavy atom. The zero-order valence-corrected chi connectivity index (χ0v) is 12.1. The number of carbonyl (C=O) groups excluding carboxylic acids is 1. The minimum absolute atomic E-state index is 0.123. The second-order valence-corrected chi connectivity index (χ2v) is 6.13. The molecule has 3 rings (SSSR count). The summed E-state index contributed by atoms with van der Waals surface area (Å²) < 4.78 is 13.5. The smallest absolute Gasteiger partial charge is 0.237 e. The van der Waals surface area contributed by atoms with Crippen molar-refractivity contribution in [1.29, 1.82) is 0 Å². The number of amides is 1. The second kappa shape index (κ2) is 6.12. The molecule has 4 N–H and O–H groups in total. The summed E-state index contributed by atoms with van der Waals surface area (Å²) in [5.41, 5.74) is 13.1. The number of benzene rings is 1. The van der Waals surface area contributed by atoms with E-state index >= 15 is 0 Å². The zero-order valence-electron chi connectivity index (χ0n) is 12.1. The largest absolute Gasteiger partial charge is 0.326 e. The molecule has 2 fully saturated rings. The van der Waals surface area contributed by atoms with E-state index in [1.165, 1.54) is 12.5 Å². The van der Waals surface area contributed by atoms with Crippen LogP contribution in [0.5, 0.6) is 0 Å². The highest BCUT2D eigenvalue weighted by atomic mass is 19.1. The Bertz CT molecular complexity index is 534. The zero-order chi connectivity index (χ0) is 14.8. The van der Waals surface area contributed by atoms with Crippen LogP contribution >= 0.6 is 0 Å². The number of fused-ring (bicyclic) bond motifs is 1. The summed E-state index contributed by atoms with van der Waals surface area (Å²) in [6.07, 6.45) is 5.17. The van der Waals surface area contributed by atoms with Gasteiger partial charge in [-0.05, 0) is 36.8 Å². The fourth-order valence-electron chi connectivity index (χ4n) is 3.70. The van der Waals surface area contributed by atoms with Crippen molar-refractivity contribution in [3.63, 3.8) is 0 Å². The molecule has 1 saturated heterocycles. The number of nitrogens with two attached hydrogens (primary N) is 1. The maximum Gasteiger partial charge on any atom is 0.237 e. The normalized spacial score (nSPS) is 28.9. The van der Waals surface area contributed by atoms with Crippen LogP contribution in [-0.4, -0.2) is 11.9 Å². The van der Waals surface area contributed by atoms with Crippen LogP contribution in [0.1, 0.15) is 36.8 Å². The topological polar surface area (TPSA) is 67.2 Å². The van der Waals surface area contributed by atoms with E-state index in [1.54, 1.807) is 0 Å². The predicted octanol–water partition coefficient (Wildman–Crippen LogP) is 1.64. The molecular weight excluding hydrogens is 269 g/mol. The fraction of sp³-hybridized carbons (Fsp3) is 0.562. The SMILES string of the molecule is NCc1cc(CC2NNC(=O)C3CCCCC23)ccc1F. The first-order valence-corrected chi connectivity index (χ1v) is 7.72. The number of hydrazine groups is 1. The van der Waals surface area contributed by atoms with Crippen molar-refractivity contribution >= 4 is 5.91 Å². The molecule has 1 aliphatic carbocycles. The summed E-state index contributed by atoms with van der Waals surface area (Å²) in [6, 6.07) is 5.34. The van der Waals surface area contributed by atoms with Gasteiger partial charge >= 0.3 is 0 Å². The monoisotopic (exact) mass is 291 g/mol. The molecule has 1 saturated carbocycles. The number of hydrogen-bond donors (Lipinski definition) is 3. The molecule has 3 atom stereocenters. The van der Waals surface area contributed by atoms with Gasteiger partial charge in [-0.3, -0.25) is 10.2 Å². The Hall–Kier alpha value is -1.46. The molecule has 0 aromatic heterocycles. The Morgan fingerprint density at radius 1 is 1.29 bits per heavy atom. The van der Waals surface area contributed by atoms with Crippen molar-refractivity contribution in [2.24, 2.45) is 17.6 Å². The highest BCUT2D eigenvalue weighted by molar-refractivity contribution is 5.79. The molecule has 1 aromatic carbocycles. The highest BCUT2D eigenvalue weighted by Gasteiger charge is 2.39. The average molecular weight is 291 g/mol. The van der Waals surface area contributed by atoms with Crippen molar-refractivity contribution in [3.8, 4) is 0 Å². The molecule has 1 heterocycles. The van der Waals surface area contributed by atoms with Crippen LogP contribution in [0.4, 0.5) is 4.39 Å². The molecule has 0 bridgehead atoms. The van der Waals surface area contributed by atoms with Crippen molar-refractivity contribution in [1.82, 2.24) is 10.9 Å². The van der Waals surface area contributed by atoms with Crippen LogP contribution in [0, 0.1) is 17.7 Å². The van der Waals surface area contributed by atoms with Crippen LogP contribution < -0.4 is 16.6 Å². The second-order valence-electron chi connectivity index (χ2n) is 6.13.